The van der Waals surface area contributed by atoms with Gasteiger partial charge in [-0.25, -0.2) is 4.98 Å². The van der Waals surface area contributed by atoms with Gasteiger partial charge >= 0.3 is 0 Å². The minimum absolute atomic E-state index is 0.836. The van der Waals surface area contributed by atoms with E-state index in [-0.39, 0.29) is 0 Å². The fraction of sp³-hybridized carbons (Fsp3) is 0.474. The van der Waals surface area contributed by atoms with E-state index < -0.39 is 0 Å². The lowest BCUT2D eigenvalue weighted by atomic mass is 10.1. The molecule has 2 aromatic rings. The van der Waals surface area contributed by atoms with Gasteiger partial charge in [-0.3, -0.25) is 4.90 Å². The number of aryl methyl sites for hydroxylation is 3. The molecule has 25 heavy (non-hydrogen) atoms. The van der Waals surface area contributed by atoms with E-state index in [1.54, 1.807) is 11.3 Å². The fourth-order valence-corrected chi connectivity index (χ4v) is 4.09. The van der Waals surface area contributed by atoms with Crippen molar-refractivity contribution in [2.45, 2.75) is 33.7 Å². The molecule has 0 spiro atoms. The van der Waals surface area contributed by atoms with E-state index in [0.29, 0.717) is 0 Å². The van der Waals surface area contributed by atoms with Crippen molar-refractivity contribution in [3.8, 4) is 0 Å². The Morgan fingerprint density at radius 2 is 1.92 bits per heavy atom. The van der Waals surface area contributed by atoms with Crippen molar-refractivity contribution in [1.82, 2.24) is 14.8 Å². The van der Waals surface area contributed by atoms with Crippen LogP contribution in [0.5, 0.6) is 0 Å². The van der Waals surface area contributed by atoms with E-state index in [1.807, 2.05) is 11.6 Å². The maximum absolute atomic E-state index is 5.69. The first kappa shape index (κ1) is 18.3. The highest BCUT2D eigenvalue weighted by Gasteiger charge is 2.18. The van der Waals surface area contributed by atoms with Gasteiger partial charge in [-0.05, 0) is 62.2 Å². The largest absolute Gasteiger partial charge is 0.348 e. The van der Waals surface area contributed by atoms with E-state index in [4.69, 9.17) is 12.2 Å². The average molecular weight is 375 g/mol. The summed E-state index contributed by atoms with van der Waals surface area (Å²) < 4.78 is 0. The molecule has 1 aliphatic heterocycles. The molecule has 134 valence electrons. The number of benzene rings is 1. The lowest BCUT2D eigenvalue weighted by Crippen LogP contribution is -2.38. The van der Waals surface area contributed by atoms with Crippen LogP contribution in [0.3, 0.4) is 0 Å². The molecule has 0 atom stereocenters. The number of hydrogen-bond donors (Lipinski definition) is 1. The van der Waals surface area contributed by atoms with Crippen LogP contribution >= 0.6 is 23.6 Å². The van der Waals surface area contributed by atoms with Crippen LogP contribution in [-0.4, -0.2) is 46.1 Å². The summed E-state index contributed by atoms with van der Waals surface area (Å²) in [7, 11) is 0. The number of aromatic nitrogens is 1. The molecular formula is C19H26N4S2. The Bertz CT molecular complexity index is 727. The third-order valence-electron chi connectivity index (χ3n) is 4.80. The minimum atomic E-state index is 0.836. The number of thiazole rings is 1. The summed E-state index contributed by atoms with van der Waals surface area (Å²) in [4.78, 5) is 9.17. The first-order chi connectivity index (χ1) is 12.0. The van der Waals surface area contributed by atoms with Gasteiger partial charge in [0.15, 0.2) is 5.11 Å². The van der Waals surface area contributed by atoms with Crippen molar-refractivity contribution in [2.24, 2.45) is 0 Å². The zero-order chi connectivity index (χ0) is 17.8. The fourth-order valence-electron chi connectivity index (χ4n) is 3.14. The van der Waals surface area contributed by atoms with Crippen molar-refractivity contribution < 1.29 is 0 Å². The Balaban J connectivity index is 1.58. The third-order valence-corrected chi connectivity index (χ3v) is 5.93. The number of hydrogen-bond acceptors (Lipinski definition) is 4. The van der Waals surface area contributed by atoms with E-state index in [1.165, 1.54) is 21.7 Å². The molecule has 0 aliphatic carbocycles. The van der Waals surface area contributed by atoms with Crippen LogP contribution in [0.25, 0.3) is 0 Å². The molecular weight excluding hydrogens is 348 g/mol. The highest BCUT2D eigenvalue weighted by molar-refractivity contribution is 7.80. The third kappa shape index (κ3) is 4.77. The van der Waals surface area contributed by atoms with Gasteiger partial charge in [-0.2, -0.15) is 0 Å². The maximum Gasteiger partial charge on any atom is 0.173 e. The van der Waals surface area contributed by atoms with Gasteiger partial charge in [0.1, 0.15) is 5.01 Å². The molecule has 0 bridgehead atoms. The molecule has 2 heterocycles. The summed E-state index contributed by atoms with van der Waals surface area (Å²) in [5, 5.41) is 7.54. The zero-order valence-electron chi connectivity index (χ0n) is 15.2. The van der Waals surface area contributed by atoms with Gasteiger partial charge in [0.25, 0.3) is 0 Å². The Morgan fingerprint density at radius 1 is 1.12 bits per heavy atom. The maximum atomic E-state index is 5.69. The van der Waals surface area contributed by atoms with Crippen LogP contribution in [0.1, 0.15) is 28.1 Å². The molecule has 1 aromatic heterocycles. The Morgan fingerprint density at radius 3 is 2.68 bits per heavy atom. The second-order valence-electron chi connectivity index (χ2n) is 6.72. The van der Waals surface area contributed by atoms with Crippen molar-refractivity contribution in [3.63, 3.8) is 0 Å². The molecule has 1 N–H and O–H groups in total. The summed E-state index contributed by atoms with van der Waals surface area (Å²) in [5.41, 5.74) is 4.98. The van der Waals surface area contributed by atoms with Crippen molar-refractivity contribution >= 4 is 34.4 Å². The normalized spacial score (nSPS) is 15.9. The molecule has 0 saturated carbocycles. The quantitative estimate of drug-likeness (QED) is 0.822. The highest BCUT2D eigenvalue weighted by Crippen LogP contribution is 2.21. The SMILES string of the molecule is Cc1cc(C)c(NC(=S)N2CCCN(Cc3nccs3)CC2)cc1C. The van der Waals surface area contributed by atoms with E-state index in [9.17, 15) is 0 Å². The molecule has 1 fully saturated rings. The number of nitrogens with one attached hydrogen (secondary N) is 1. The summed E-state index contributed by atoms with van der Waals surface area (Å²) in [6, 6.07) is 4.42. The van der Waals surface area contributed by atoms with Crippen LogP contribution in [-0.2, 0) is 6.54 Å². The second kappa shape index (κ2) is 8.25. The number of thiocarbonyl (C=S) groups is 1. The smallest absolute Gasteiger partial charge is 0.173 e. The predicted octanol–water partition coefficient (Wildman–Crippen LogP) is 3.97. The summed E-state index contributed by atoms with van der Waals surface area (Å²) in [5.74, 6) is 0. The average Bonchev–Trinajstić information content (AvgIpc) is 2.97. The predicted molar refractivity (Wildman–Crippen MR) is 110 cm³/mol. The number of rotatable bonds is 3. The monoisotopic (exact) mass is 374 g/mol. The molecule has 4 nitrogen and oxygen atoms in total. The standard InChI is InChI=1S/C19H26N4S2/c1-14-11-16(3)17(12-15(14)2)21-19(24)23-7-4-6-22(8-9-23)13-18-20-5-10-25-18/h5,10-12H,4,6-9,13H2,1-3H3,(H,21,24). The van der Waals surface area contributed by atoms with Gasteiger partial charge < -0.3 is 10.2 Å². The van der Waals surface area contributed by atoms with Crippen LogP contribution in [0, 0.1) is 20.8 Å². The number of anilines is 1. The van der Waals surface area contributed by atoms with E-state index in [0.717, 1.165) is 49.9 Å². The first-order valence-electron chi connectivity index (χ1n) is 8.77. The summed E-state index contributed by atoms with van der Waals surface area (Å²) in [6.45, 7) is 11.5. The molecule has 0 unspecified atom stereocenters. The Hall–Kier alpha value is -1.50. The lowest BCUT2D eigenvalue weighted by Gasteiger charge is -2.25. The molecule has 1 aromatic carbocycles. The minimum Gasteiger partial charge on any atom is -0.348 e. The molecule has 1 saturated heterocycles. The van der Waals surface area contributed by atoms with Gasteiger partial charge in [0.05, 0.1) is 6.54 Å². The first-order valence-corrected chi connectivity index (χ1v) is 10.1. The van der Waals surface area contributed by atoms with Gasteiger partial charge in [-0.1, -0.05) is 6.07 Å². The van der Waals surface area contributed by atoms with Crippen LogP contribution in [0.15, 0.2) is 23.7 Å². The molecule has 3 rings (SSSR count). The van der Waals surface area contributed by atoms with Crippen molar-refractivity contribution in [3.05, 3.63) is 45.4 Å². The van der Waals surface area contributed by atoms with E-state index in [2.05, 4.69) is 53.0 Å². The lowest BCUT2D eigenvalue weighted by molar-refractivity contribution is 0.278. The summed E-state index contributed by atoms with van der Waals surface area (Å²) >= 11 is 7.42. The topological polar surface area (TPSA) is 31.4 Å². The Labute approximate surface area is 159 Å². The van der Waals surface area contributed by atoms with Crippen molar-refractivity contribution in [1.29, 1.82) is 0 Å². The highest BCUT2D eigenvalue weighted by atomic mass is 32.1. The van der Waals surface area contributed by atoms with Crippen molar-refractivity contribution in [2.75, 3.05) is 31.5 Å². The van der Waals surface area contributed by atoms with Gasteiger partial charge in [-0.15, -0.1) is 11.3 Å². The number of nitrogens with zero attached hydrogens (tertiary/aromatic N) is 3. The second-order valence-corrected chi connectivity index (χ2v) is 8.09. The molecule has 0 amide bonds. The zero-order valence-corrected chi connectivity index (χ0v) is 16.8. The van der Waals surface area contributed by atoms with Crippen LogP contribution in [0.4, 0.5) is 5.69 Å². The van der Waals surface area contributed by atoms with Crippen LogP contribution < -0.4 is 5.32 Å². The summed E-state index contributed by atoms with van der Waals surface area (Å²) in [6.07, 6.45) is 3.01. The van der Waals surface area contributed by atoms with Gasteiger partial charge in [0, 0.05) is 43.4 Å². The molecule has 0 radical (unpaired) electrons. The van der Waals surface area contributed by atoms with Gasteiger partial charge in [0.2, 0.25) is 0 Å². The molecule has 1 aliphatic rings. The van der Waals surface area contributed by atoms with Crippen LogP contribution in [0.2, 0.25) is 0 Å². The molecule has 6 heteroatoms. The Kier molecular flexibility index (Phi) is 6.04. The van der Waals surface area contributed by atoms with E-state index >= 15 is 0 Å².